The predicted octanol–water partition coefficient (Wildman–Crippen LogP) is 3.50. The molecule has 0 amide bonds. The number of hydrogen-bond acceptors (Lipinski definition) is 1. The van der Waals surface area contributed by atoms with Gasteiger partial charge in [-0.1, -0.05) is 35.3 Å². The standard InChI is InChI=1S/C12H17BrFN/c1-3-9(8(2)15)6-10-4-5-11(14)7-12(10)13/h4-5,7-9H,3,6,15H2,1-2H3. The molecule has 0 spiro atoms. The molecule has 0 radical (unpaired) electrons. The van der Waals surface area contributed by atoms with Gasteiger partial charge in [0.2, 0.25) is 0 Å². The zero-order chi connectivity index (χ0) is 11.4. The lowest BCUT2D eigenvalue weighted by Gasteiger charge is -2.19. The monoisotopic (exact) mass is 273 g/mol. The van der Waals surface area contributed by atoms with Gasteiger partial charge in [-0.15, -0.1) is 0 Å². The largest absolute Gasteiger partial charge is 0.328 e. The van der Waals surface area contributed by atoms with Gasteiger partial charge in [0.15, 0.2) is 0 Å². The molecular weight excluding hydrogens is 257 g/mol. The average Bonchev–Trinajstić information content (AvgIpc) is 2.16. The minimum absolute atomic E-state index is 0.173. The summed E-state index contributed by atoms with van der Waals surface area (Å²) in [4.78, 5) is 0. The van der Waals surface area contributed by atoms with Crippen LogP contribution in [0, 0.1) is 11.7 Å². The van der Waals surface area contributed by atoms with E-state index in [1.807, 2.05) is 13.0 Å². The second-order valence-electron chi connectivity index (χ2n) is 3.97. The number of nitrogens with two attached hydrogens (primary N) is 1. The first-order valence-electron chi connectivity index (χ1n) is 5.24. The first-order valence-corrected chi connectivity index (χ1v) is 6.03. The molecule has 0 aromatic heterocycles. The molecule has 84 valence electrons. The van der Waals surface area contributed by atoms with E-state index in [0.29, 0.717) is 5.92 Å². The fourth-order valence-electron chi connectivity index (χ4n) is 1.67. The first-order chi connectivity index (χ1) is 7.04. The van der Waals surface area contributed by atoms with Gasteiger partial charge in [0.1, 0.15) is 5.82 Å². The topological polar surface area (TPSA) is 26.0 Å². The van der Waals surface area contributed by atoms with Crippen molar-refractivity contribution in [2.45, 2.75) is 32.7 Å². The molecule has 0 aliphatic rings. The van der Waals surface area contributed by atoms with E-state index in [0.717, 1.165) is 22.9 Å². The summed E-state index contributed by atoms with van der Waals surface area (Å²) in [5.74, 6) is 0.242. The summed E-state index contributed by atoms with van der Waals surface area (Å²) in [5.41, 5.74) is 7.01. The highest BCUT2D eigenvalue weighted by Crippen LogP contribution is 2.23. The van der Waals surface area contributed by atoms with Crippen LogP contribution in [-0.2, 0) is 6.42 Å². The molecule has 0 aliphatic heterocycles. The van der Waals surface area contributed by atoms with Crippen LogP contribution in [0.3, 0.4) is 0 Å². The van der Waals surface area contributed by atoms with Gasteiger partial charge in [-0.3, -0.25) is 0 Å². The molecule has 1 rings (SSSR count). The number of rotatable bonds is 4. The van der Waals surface area contributed by atoms with Gasteiger partial charge in [0.05, 0.1) is 0 Å². The Kier molecular flexibility index (Phi) is 4.74. The van der Waals surface area contributed by atoms with Gasteiger partial charge in [-0.25, -0.2) is 4.39 Å². The van der Waals surface area contributed by atoms with E-state index in [-0.39, 0.29) is 11.9 Å². The molecule has 0 fully saturated rings. The predicted molar refractivity (Wildman–Crippen MR) is 65.2 cm³/mol. The van der Waals surface area contributed by atoms with Crippen molar-refractivity contribution < 1.29 is 4.39 Å². The summed E-state index contributed by atoms with van der Waals surface area (Å²) in [6.45, 7) is 4.15. The lowest BCUT2D eigenvalue weighted by atomic mass is 9.91. The third-order valence-electron chi connectivity index (χ3n) is 2.77. The number of hydrogen-bond donors (Lipinski definition) is 1. The van der Waals surface area contributed by atoms with Crippen LogP contribution in [0.5, 0.6) is 0 Å². The van der Waals surface area contributed by atoms with Crippen molar-refractivity contribution in [3.05, 3.63) is 34.1 Å². The summed E-state index contributed by atoms with van der Waals surface area (Å²) in [7, 11) is 0. The Bertz CT molecular complexity index is 325. The maximum Gasteiger partial charge on any atom is 0.124 e. The molecular formula is C12H17BrFN. The quantitative estimate of drug-likeness (QED) is 0.893. The molecule has 1 aromatic rings. The Morgan fingerprint density at radius 2 is 2.13 bits per heavy atom. The fourth-order valence-corrected chi connectivity index (χ4v) is 2.18. The van der Waals surface area contributed by atoms with Crippen LogP contribution < -0.4 is 5.73 Å². The third-order valence-corrected chi connectivity index (χ3v) is 3.50. The van der Waals surface area contributed by atoms with Gasteiger partial charge in [-0.05, 0) is 37.0 Å². The second-order valence-corrected chi connectivity index (χ2v) is 4.82. The molecule has 3 heteroatoms. The van der Waals surface area contributed by atoms with Crippen LogP contribution >= 0.6 is 15.9 Å². The average molecular weight is 274 g/mol. The van der Waals surface area contributed by atoms with Gasteiger partial charge < -0.3 is 5.73 Å². The third kappa shape index (κ3) is 3.58. The Morgan fingerprint density at radius 3 is 2.60 bits per heavy atom. The van der Waals surface area contributed by atoms with E-state index >= 15 is 0 Å². The van der Waals surface area contributed by atoms with Crippen LogP contribution in [-0.4, -0.2) is 6.04 Å². The Hall–Kier alpha value is -0.410. The zero-order valence-corrected chi connectivity index (χ0v) is 10.7. The fraction of sp³-hybridized carbons (Fsp3) is 0.500. The van der Waals surface area contributed by atoms with E-state index in [1.165, 1.54) is 12.1 Å². The van der Waals surface area contributed by atoms with Gasteiger partial charge in [0.25, 0.3) is 0 Å². The van der Waals surface area contributed by atoms with E-state index in [1.54, 1.807) is 0 Å². The molecule has 0 aliphatic carbocycles. The lowest BCUT2D eigenvalue weighted by Crippen LogP contribution is -2.27. The van der Waals surface area contributed by atoms with Gasteiger partial charge >= 0.3 is 0 Å². The highest BCUT2D eigenvalue weighted by atomic mass is 79.9. The molecule has 0 bridgehead atoms. The molecule has 0 heterocycles. The van der Waals surface area contributed by atoms with Crippen LogP contribution in [0.1, 0.15) is 25.8 Å². The van der Waals surface area contributed by atoms with E-state index in [9.17, 15) is 4.39 Å². The van der Waals surface area contributed by atoms with Crippen LogP contribution in [0.2, 0.25) is 0 Å². The minimum atomic E-state index is -0.209. The van der Waals surface area contributed by atoms with E-state index in [2.05, 4.69) is 22.9 Å². The van der Waals surface area contributed by atoms with Crippen molar-refractivity contribution in [2.75, 3.05) is 0 Å². The molecule has 2 N–H and O–H groups in total. The van der Waals surface area contributed by atoms with Gasteiger partial charge in [-0.2, -0.15) is 0 Å². The van der Waals surface area contributed by atoms with E-state index < -0.39 is 0 Å². The summed E-state index contributed by atoms with van der Waals surface area (Å²) >= 11 is 3.37. The summed E-state index contributed by atoms with van der Waals surface area (Å²) < 4.78 is 13.7. The molecule has 1 nitrogen and oxygen atoms in total. The second kappa shape index (κ2) is 5.61. The van der Waals surface area contributed by atoms with Crippen molar-refractivity contribution in [3.63, 3.8) is 0 Å². The zero-order valence-electron chi connectivity index (χ0n) is 9.13. The Balaban J connectivity index is 2.79. The van der Waals surface area contributed by atoms with Crippen molar-refractivity contribution in [3.8, 4) is 0 Å². The maximum atomic E-state index is 12.9. The van der Waals surface area contributed by atoms with Crippen molar-refractivity contribution in [1.29, 1.82) is 0 Å². The smallest absolute Gasteiger partial charge is 0.124 e. The van der Waals surface area contributed by atoms with Crippen molar-refractivity contribution in [1.82, 2.24) is 0 Å². The molecule has 2 unspecified atom stereocenters. The van der Waals surface area contributed by atoms with Crippen LogP contribution in [0.25, 0.3) is 0 Å². The minimum Gasteiger partial charge on any atom is -0.328 e. The SMILES string of the molecule is CCC(Cc1ccc(F)cc1Br)C(C)N. The maximum absolute atomic E-state index is 12.9. The first kappa shape index (κ1) is 12.7. The molecule has 15 heavy (non-hydrogen) atoms. The summed E-state index contributed by atoms with van der Waals surface area (Å²) in [6.07, 6.45) is 1.94. The van der Waals surface area contributed by atoms with E-state index in [4.69, 9.17) is 5.73 Å². The summed E-state index contributed by atoms with van der Waals surface area (Å²) in [6, 6.07) is 4.99. The number of halogens is 2. The van der Waals surface area contributed by atoms with Gasteiger partial charge in [0, 0.05) is 10.5 Å². The highest BCUT2D eigenvalue weighted by Gasteiger charge is 2.13. The molecule has 0 saturated carbocycles. The molecule has 1 aromatic carbocycles. The normalized spacial score (nSPS) is 15.0. The van der Waals surface area contributed by atoms with Crippen LogP contribution in [0.4, 0.5) is 4.39 Å². The molecule has 0 saturated heterocycles. The summed E-state index contributed by atoms with van der Waals surface area (Å²) in [5, 5.41) is 0. The Morgan fingerprint density at radius 1 is 1.47 bits per heavy atom. The molecule has 2 atom stereocenters. The number of benzene rings is 1. The highest BCUT2D eigenvalue weighted by molar-refractivity contribution is 9.10. The Labute approximate surface area is 99.0 Å². The van der Waals surface area contributed by atoms with Crippen molar-refractivity contribution in [2.24, 2.45) is 11.7 Å². The lowest BCUT2D eigenvalue weighted by molar-refractivity contribution is 0.427. The van der Waals surface area contributed by atoms with Crippen molar-refractivity contribution >= 4 is 15.9 Å². The van der Waals surface area contributed by atoms with Crippen LogP contribution in [0.15, 0.2) is 22.7 Å².